The fraction of sp³-hybridized carbons (Fsp3) is 0. The highest BCUT2D eigenvalue weighted by molar-refractivity contribution is 5.52. The third-order valence-electron chi connectivity index (χ3n) is 2.28. The minimum absolute atomic E-state index is 0.146. The second kappa shape index (κ2) is 4.92. The Morgan fingerprint density at radius 1 is 0.882 bits per heavy atom. The van der Waals surface area contributed by atoms with Crippen molar-refractivity contribution in [3.05, 3.63) is 65.2 Å². The van der Waals surface area contributed by atoms with Gasteiger partial charge in [-0.3, -0.25) is 0 Å². The summed E-state index contributed by atoms with van der Waals surface area (Å²) in [4.78, 5) is 0. The van der Waals surface area contributed by atoms with Crippen molar-refractivity contribution >= 4 is 0 Å². The molecule has 0 aliphatic rings. The van der Waals surface area contributed by atoms with Crippen LogP contribution in [0, 0.1) is 24.2 Å². The van der Waals surface area contributed by atoms with E-state index < -0.39 is 0 Å². The molecule has 0 amide bonds. The molecule has 0 heterocycles. The molecule has 0 bridgehead atoms. The van der Waals surface area contributed by atoms with Gasteiger partial charge >= 0.3 is 0 Å². The Labute approximate surface area is 101 Å². The average molecular weight is 218 g/mol. The van der Waals surface area contributed by atoms with Crippen molar-refractivity contribution in [3.63, 3.8) is 0 Å². The van der Waals surface area contributed by atoms with Crippen LogP contribution in [0.15, 0.2) is 48.5 Å². The van der Waals surface area contributed by atoms with E-state index in [1.165, 1.54) is 0 Å². The zero-order valence-corrected chi connectivity index (χ0v) is 9.14. The molecule has 0 saturated heterocycles. The van der Waals surface area contributed by atoms with Crippen molar-refractivity contribution in [2.75, 3.05) is 0 Å². The fourth-order valence-corrected chi connectivity index (χ4v) is 1.39. The molecule has 80 valence electrons. The molecule has 0 atom stereocenters. The van der Waals surface area contributed by atoms with Gasteiger partial charge in [-0.15, -0.1) is 6.42 Å². The van der Waals surface area contributed by atoms with Crippen LogP contribution in [0.2, 0.25) is 0 Å². The van der Waals surface area contributed by atoms with Gasteiger partial charge in [-0.2, -0.15) is 0 Å². The summed E-state index contributed by atoms with van der Waals surface area (Å²) in [6, 6.07) is 14.5. The first-order valence-corrected chi connectivity index (χ1v) is 5.16. The van der Waals surface area contributed by atoms with Gasteiger partial charge in [0.1, 0.15) is 5.75 Å². The summed E-state index contributed by atoms with van der Waals surface area (Å²) < 4.78 is 0. The molecule has 1 heteroatoms. The van der Waals surface area contributed by atoms with Crippen LogP contribution in [0.25, 0.3) is 0 Å². The summed E-state index contributed by atoms with van der Waals surface area (Å²) >= 11 is 0. The van der Waals surface area contributed by atoms with Crippen LogP contribution >= 0.6 is 0 Å². The SMILES string of the molecule is C#Cc1ccc(O)c(C#Cc2ccccc2)c1. The molecule has 0 spiro atoms. The summed E-state index contributed by atoms with van der Waals surface area (Å²) in [5.74, 6) is 8.54. The van der Waals surface area contributed by atoms with Gasteiger partial charge in [-0.05, 0) is 30.3 Å². The predicted octanol–water partition coefficient (Wildman–Crippen LogP) is 2.77. The molecule has 0 fully saturated rings. The average Bonchev–Trinajstić information content (AvgIpc) is 2.39. The smallest absolute Gasteiger partial charge is 0.131 e. The third-order valence-corrected chi connectivity index (χ3v) is 2.28. The van der Waals surface area contributed by atoms with Crippen molar-refractivity contribution in [2.24, 2.45) is 0 Å². The van der Waals surface area contributed by atoms with E-state index in [4.69, 9.17) is 6.42 Å². The predicted molar refractivity (Wildman–Crippen MR) is 68.5 cm³/mol. The maximum atomic E-state index is 9.64. The molecule has 0 unspecified atom stereocenters. The van der Waals surface area contributed by atoms with Crippen molar-refractivity contribution in [2.45, 2.75) is 0 Å². The summed E-state index contributed by atoms with van der Waals surface area (Å²) in [5.41, 5.74) is 2.16. The van der Waals surface area contributed by atoms with Gasteiger partial charge < -0.3 is 5.11 Å². The quantitative estimate of drug-likeness (QED) is 0.674. The molecular weight excluding hydrogens is 208 g/mol. The summed E-state index contributed by atoms with van der Waals surface area (Å²) in [6.45, 7) is 0. The van der Waals surface area contributed by atoms with Gasteiger partial charge in [-0.25, -0.2) is 0 Å². The Bertz CT molecular complexity index is 622. The van der Waals surface area contributed by atoms with Crippen LogP contribution in [0.5, 0.6) is 5.75 Å². The van der Waals surface area contributed by atoms with Gasteiger partial charge in [0, 0.05) is 11.1 Å². The van der Waals surface area contributed by atoms with E-state index in [1.54, 1.807) is 18.2 Å². The second-order valence-corrected chi connectivity index (χ2v) is 3.49. The lowest BCUT2D eigenvalue weighted by atomic mass is 10.1. The first kappa shape index (κ1) is 10.9. The van der Waals surface area contributed by atoms with Gasteiger partial charge in [0.05, 0.1) is 5.56 Å². The number of phenolic OH excluding ortho intramolecular Hbond substituents is 1. The van der Waals surface area contributed by atoms with Crippen LogP contribution in [-0.4, -0.2) is 5.11 Å². The first-order chi connectivity index (χ1) is 8.29. The maximum Gasteiger partial charge on any atom is 0.131 e. The van der Waals surface area contributed by atoms with Crippen LogP contribution < -0.4 is 0 Å². The number of aromatic hydroxyl groups is 1. The zero-order valence-electron chi connectivity index (χ0n) is 9.14. The normalized spacial score (nSPS) is 8.88. The van der Waals surface area contributed by atoms with E-state index in [9.17, 15) is 5.11 Å². The van der Waals surface area contributed by atoms with Crippen LogP contribution in [0.3, 0.4) is 0 Å². The standard InChI is InChI=1S/C16H10O/c1-2-13-9-11-16(17)15(12-13)10-8-14-6-4-3-5-7-14/h1,3-7,9,11-12,17H. The second-order valence-electron chi connectivity index (χ2n) is 3.49. The molecule has 0 radical (unpaired) electrons. The minimum atomic E-state index is 0.146. The topological polar surface area (TPSA) is 20.2 Å². The minimum Gasteiger partial charge on any atom is -0.507 e. The fourth-order valence-electron chi connectivity index (χ4n) is 1.39. The summed E-state index contributed by atoms with van der Waals surface area (Å²) in [7, 11) is 0. The molecular formula is C16H10O. The van der Waals surface area contributed by atoms with Crippen molar-refractivity contribution < 1.29 is 5.11 Å². The van der Waals surface area contributed by atoms with Crippen LogP contribution in [-0.2, 0) is 0 Å². The van der Waals surface area contributed by atoms with Crippen molar-refractivity contribution in [1.82, 2.24) is 0 Å². The number of rotatable bonds is 0. The highest BCUT2D eigenvalue weighted by Crippen LogP contribution is 2.16. The first-order valence-electron chi connectivity index (χ1n) is 5.16. The Kier molecular flexibility index (Phi) is 3.15. The summed E-state index contributed by atoms with van der Waals surface area (Å²) in [6.07, 6.45) is 5.30. The van der Waals surface area contributed by atoms with Gasteiger partial charge in [0.25, 0.3) is 0 Å². The zero-order chi connectivity index (χ0) is 12.1. The summed E-state index contributed by atoms with van der Waals surface area (Å²) in [5, 5.41) is 9.64. The number of phenols is 1. The van der Waals surface area contributed by atoms with E-state index in [0.29, 0.717) is 11.1 Å². The largest absolute Gasteiger partial charge is 0.507 e. The van der Waals surface area contributed by atoms with Gasteiger partial charge in [0.15, 0.2) is 0 Å². The lowest BCUT2D eigenvalue weighted by molar-refractivity contribution is 0.473. The van der Waals surface area contributed by atoms with Crippen molar-refractivity contribution in [3.8, 4) is 29.9 Å². The molecule has 0 aromatic heterocycles. The Morgan fingerprint density at radius 2 is 1.65 bits per heavy atom. The molecule has 2 aromatic carbocycles. The van der Waals surface area contributed by atoms with E-state index in [-0.39, 0.29) is 5.75 Å². The lowest BCUT2D eigenvalue weighted by Gasteiger charge is -1.97. The van der Waals surface area contributed by atoms with Crippen molar-refractivity contribution in [1.29, 1.82) is 0 Å². The van der Waals surface area contributed by atoms with E-state index >= 15 is 0 Å². The molecule has 17 heavy (non-hydrogen) atoms. The Morgan fingerprint density at radius 3 is 2.35 bits per heavy atom. The Balaban J connectivity index is 2.37. The van der Waals surface area contributed by atoms with Gasteiger partial charge in [0.2, 0.25) is 0 Å². The van der Waals surface area contributed by atoms with Gasteiger partial charge in [-0.1, -0.05) is 36.0 Å². The number of benzene rings is 2. The number of hydrogen-bond donors (Lipinski definition) is 1. The third kappa shape index (κ3) is 2.68. The van der Waals surface area contributed by atoms with E-state index in [0.717, 1.165) is 5.56 Å². The molecule has 0 saturated carbocycles. The highest BCUT2D eigenvalue weighted by Gasteiger charge is 1.97. The number of hydrogen-bond acceptors (Lipinski definition) is 1. The molecule has 2 rings (SSSR count). The highest BCUT2D eigenvalue weighted by atomic mass is 16.3. The lowest BCUT2D eigenvalue weighted by Crippen LogP contribution is -1.80. The maximum absolute atomic E-state index is 9.64. The molecule has 1 nitrogen and oxygen atoms in total. The monoisotopic (exact) mass is 218 g/mol. The van der Waals surface area contributed by atoms with Crippen LogP contribution in [0.4, 0.5) is 0 Å². The van der Waals surface area contributed by atoms with E-state index in [1.807, 2.05) is 30.3 Å². The molecule has 1 N–H and O–H groups in total. The Hall–Kier alpha value is -2.64. The molecule has 2 aromatic rings. The number of terminal acetylenes is 1. The molecule has 0 aliphatic heterocycles. The van der Waals surface area contributed by atoms with E-state index in [2.05, 4.69) is 17.8 Å². The molecule has 0 aliphatic carbocycles. The van der Waals surface area contributed by atoms with Crippen LogP contribution in [0.1, 0.15) is 16.7 Å².